The van der Waals surface area contributed by atoms with Crippen LogP contribution in [0.2, 0.25) is 0 Å². The van der Waals surface area contributed by atoms with Crippen LogP contribution in [0.15, 0.2) is 81.7 Å². The summed E-state index contributed by atoms with van der Waals surface area (Å²) in [6.07, 6.45) is 0. The van der Waals surface area contributed by atoms with E-state index in [1.54, 1.807) is 30.3 Å². The summed E-state index contributed by atoms with van der Waals surface area (Å²) in [5.41, 5.74) is 4.54. The van der Waals surface area contributed by atoms with E-state index in [2.05, 4.69) is 37.2 Å². The molecule has 0 fully saturated rings. The van der Waals surface area contributed by atoms with Crippen LogP contribution in [0.25, 0.3) is 11.1 Å². The van der Waals surface area contributed by atoms with E-state index in [1.807, 2.05) is 36.4 Å². The molecule has 0 radical (unpaired) electrons. The van der Waals surface area contributed by atoms with Crippen LogP contribution < -0.4 is 5.32 Å². The number of carbonyl (C=O) groups excluding carboxylic acids is 3. The van der Waals surface area contributed by atoms with Gasteiger partial charge in [-0.15, -0.1) is 0 Å². The highest BCUT2D eigenvalue weighted by molar-refractivity contribution is 9.11. The predicted molar refractivity (Wildman–Crippen MR) is 147 cm³/mol. The van der Waals surface area contributed by atoms with E-state index in [0.717, 1.165) is 25.6 Å². The molecule has 2 N–H and O–H groups in total. The first-order valence-corrected chi connectivity index (χ1v) is 12.9. The van der Waals surface area contributed by atoms with Gasteiger partial charge in [-0.1, -0.05) is 48.5 Å². The van der Waals surface area contributed by atoms with Gasteiger partial charge >= 0.3 is 5.97 Å². The van der Waals surface area contributed by atoms with Gasteiger partial charge in [0.15, 0.2) is 11.6 Å². The van der Waals surface area contributed by atoms with Gasteiger partial charge in [-0.2, -0.15) is 0 Å². The second kappa shape index (κ2) is 9.95. The zero-order valence-electron chi connectivity index (χ0n) is 19.5. The lowest BCUT2D eigenvalue weighted by molar-refractivity contribution is -0.142. The fourth-order valence-electron chi connectivity index (χ4n) is 4.28. The SMILES string of the molecule is CC(=O)OCc1ccc(-c2cc(Br)c(Nc3ccc(O)c4c3C(=O)c3ccccc3C4=O)c(Br)c2)cc1. The number of esters is 1. The number of aromatic hydroxyl groups is 1. The smallest absolute Gasteiger partial charge is 0.302 e. The molecule has 4 aromatic rings. The molecule has 6 nitrogen and oxygen atoms in total. The number of phenols is 1. The van der Waals surface area contributed by atoms with E-state index in [1.165, 1.54) is 13.0 Å². The van der Waals surface area contributed by atoms with Gasteiger partial charge in [0.2, 0.25) is 0 Å². The number of hydrogen-bond donors (Lipinski definition) is 2. The summed E-state index contributed by atoms with van der Waals surface area (Å²) in [5.74, 6) is -1.29. The summed E-state index contributed by atoms with van der Waals surface area (Å²) in [7, 11) is 0. The highest BCUT2D eigenvalue weighted by Gasteiger charge is 2.34. The monoisotopic (exact) mass is 619 g/mol. The van der Waals surface area contributed by atoms with Crippen LogP contribution >= 0.6 is 31.9 Å². The predicted octanol–water partition coefficient (Wildman–Crippen LogP) is 7.17. The zero-order chi connectivity index (χ0) is 26.3. The lowest BCUT2D eigenvalue weighted by Crippen LogP contribution is -2.22. The minimum absolute atomic E-state index is 0.00796. The Kier molecular flexibility index (Phi) is 6.70. The third-order valence-electron chi connectivity index (χ3n) is 6.08. The van der Waals surface area contributed by atoms with Gasteiger partial charge in [-0.05, 0) is 72.8 Å². The summed E-state index contributed by atoms with van der Waals surface area (Å²) in [6, 6.07) is 21.2. The fourth-order valence-corrected chi connectivity index (χ4v) is 5.67. The number of ether oxygens (including phenoxy) is 1. The molecule has 0 saturated heterocycles. The van der Waals surface area contributed by atoms with Crippen molar-refractivity contribution in [1.82, 2.24) is 0 Å². The molecule has 0 amide bonds. The average molecular weight is 621 g/mol. The Morgan fingerprint density at radius 3 is 2.03 bits per heavy atom. The van der Waals surface area contributed by atoms with Crippen LogP contribution in [0.4, 0.5) is 11.4 Å². The molecule has 5 rings (SSSR count). The van der Waals surface area contributed by atoms with Gasteiger partial charge < -0.3 is 15.2 Å². The number of fused-ring (bicyclic) bond motifs is 2. The average Bonchev–Trinajstić information content (AvgIpc) is 2.89. The molecule has 0 bridgehead atoms. The van der Waals surface area contributed by atoms with Crippen molar-refractivity contribution in [3.05, 3.63) is 110 Å². The number of anilines is 2. The van der Waals surface area contributed by atoms with Crippen molar-refractivity contribution in [2.45, 2.75) is 13.5 Å². The third kappa shape index (κ3) is 4.70. The van der Waals surface area contributed by atoms with Crippen LogP contribution in [-0.2, 0) is 16.1 Å². The van der Waals surface area contributed by atoms with Crippen molar-refractivity contribution in [2.75, 3.05) is 5.32 Å². The molecular weight excluding hydrogens is 602 g/mol. The Labute approximate surface area is 229 Å². The summed E-state index contributed by atoms with van der Waals surface area (Å²) in [5, 5.41) is 13.7. The van der Waals surface area contributed by atoms with E-state index >= 15 is 0 Å². The Balaban J connectivity index is 1.49. The molecule has 0 spiro atoms. The molecule has 0 aromatic heterocycles. The maximum absolute atomic E-state index is 13.4. The van der Waals surface area contributed by atoms with Gasteiger partial charge in [-0.3, -0.25) is 14.4 Å². The van der Waals surface area contributed by atoms with Crippen molar-refractivity contribution in [2.24, 2.45) is 0 Å². The lowest BCUT2D eigenvalue weighted by atomic mass is 9.82. The van der Waals surface area contributed by atoms with Crippen molar-refractivity contribution in [3.63, 3.8) is 0 Å². The zero-order valence-corrected chi connectivity index (χ0v) is 22.6. The minimum Gasteiger partial charge on any atom is -0.507 e. The molecule has 1 aliphatic carbocycles. The van der Waals surface area contributed by atoms with Crippen LogP contribution in [0, 0.1) is 0 Å². The second-order valence-electron chi connectivity index (χ2n) is 8.50. The third-order valence-corrected chi connectivity index (χ3v) is 7.34. The fraction of sp³-hybridized carbons (Fsp3) is 0.0690. The van der Waals surface area contributed by atoms with Gasteiger partial charge in [0, 0.05) is 27.0 Å². The quantitative estimate of drug-likeness (QED) is 0.160. The number of carbonyl (C=O) groups is 3. The standard InChI is InChI=1S/C29H19Br2NO5/c1-15(33)37-14-16-6-8-17(9-7-16)18-12-21(30)27(22(31)13-18)32-23-10-11-24(34)26-25(23)28(35)19-4-2-3-5-20(19)29(26)36/h2-13,32,34H,14H2,1H3. The molecule has 4 aromatic carbocycles. The first-order valence-electron chi connectivity index (χ1n) is 11.3. The number of ketones is 2. The number of nitrogens with one attached hydrogen (secondary N) is 1. The van der Waals surface area contributed by atoms with Crippen LogP contribution in [0.5, 0.6) is 5.75 Å². The summed E-state index contributed by atoms with van der Waals surface area (Å²) in [4.78, 5) is 37.6. The van der Waals surface area contributed by atoms with E-state index in [4.69, 9.17) is 4.74 Å². The van der Waals surface area contributed by atoms with Gasteiger partial charge in [-0.25, -0.2) is 0 Å². The van der Waals surface area contributed by atoms with E-state index in [0.29, 0.717) is 16.9 Å². The first-order chi connectivity index (χ1) is 17.7. The molecule has 37 heavy (non-hydrogen) atoms. The Morgan fingerprint density at radius 1 is 0.838 bits per heavy atom. The van der Waals surface area contributed by atoms with Crippen molar-refractivity contribution >= 4 is 60.8 Å². The van der Waals surface area contributed by atoms with Crippen molar-refractivity contribution in [3.8, 4) is 16.9 Å². The number of phenolic OH excluding ortho intramolecular Hbond substituents is 1. The van der Waals surface area contributed by atoms with E-state index in [-0.39, 0.29) is 40.8 Å². The Hall–Kier alpha value is -3.75. The van der Waals surface area contributed by atoms with Gasteiger partial charge in [0.05, 0.1) is 22.5 Å². The molecule has 8 heteroatoms. The molecule has 0 saturated carbocycles. The molecule has 0 unspecified atom stereocenters. The highest BCUT2D eigenvalue weighted by Crippen LogP contribution is 2.42. The van der Waals surface area contributed by atoms with Crippen LogP contribution in [-0.4, -0.2) is 22.6 Å². The lowest BCUT2D eigenvalue weighted by Gasteiger charge is -2.22. The molecular formula is C29H19Br2NO5. The molecule has 0 atom stereocenters. The van der Waals surface area contributed by atoms with Crippen molar-refractivity contribution < 1.29 is 24.2 Å². The molecule has 184 valence electrons. The molecule has 0 aliphatic heterocycles. The highest BCUT2D eigenvalue weighted by atomic mass is 79.9. The Morgan fingerprint density at radius 2 is 1.43 bits per heavy atom. The first kappa shape index (κ1) is 24.9. The van der Waals surface area contributed by atoms with Crippen molar-refractivity contribution in [1.29, 1.82) is 0 Å². The Bertz CT molecular complexity index is 1570. The maximum atomic E-state index is 13.4. The maximum Gasteiger partial charge on any atom is 0.302 e. The minimum atomic E-state index is -0.392. The number of rotatable bonds is 5. The number of halogens is 2. The van der Waals surface area contributed by atoms with Crippen LogP contribution in [0.3, 0.4) is 0 Å². The normalized spacial score (nSPS) is 12.1. The second-order valence-corrected chi connectivity index (χ2v) is 10.2. The number of benzene rings is 4. The molecule has 1 aliphatic rings. The molecule has 0 heterocycles. The topological polar surface area (TPSA) is 92.7 Å². The summed E-state index contributed by atoms with van der Waals surface area (Å²) in [6.45, 7) is 1.59. The largest absolute Gasteiger partial charge is 0.507 e. The number of hydrogen-bond acceptors (Lipinski definition) is 6. The summed E-state index contributed by atoms with van der Waals surface area (Å²) < 4.78 is 6.48. The van der Waals surface area contributed by atoms with E-state index < -0.39 is 5.78 Å². The van der Waals surface area contributed by atoms with Gasteiger partial charge in [0.25, 0.3) is 0 Å². The summed E-state index contributed by atoms with van der Waals surface area (Å²) >= 11 is 7.24. The van der Waals surface area contributed by atoms with E-state index in [9.17, 15) is 19.5 Å². The van der Waals surface area contributed by atoms with Gasteiger partial charge in [0.1, 0.15) is 12.4 Å². The van der Waals surface area contributed by atoms with Crippen LogP contribution in [0.1, 0.15) is 44.3 Å².